The van der Waals surface area contributed by atoms with E-state index in [1.165, 1.54) is 6.07 Å². The fourth-order valence-electron chi connectivity index (χ4n) is 1.56. The molecular formula is C13H16FN5. The van der Waals surface area contributed by atoms with Crippen LogP contribution in [0.15, 0.2) is 24.3 Å². The van der Waals surface area contributed by atoms with Gasteiger partial charge in [0.25, 0.3) is 0 Å². The van der Waals surface area contributed by atoms with E-state index in [2.05, 4.69) is 20.3 Å². The number of halogens is 1. The molecule has 0 spiro atoms. The predicted octanol–water partition coefficient (Wildman–Crippen LogP) is 2.18. The minimum absolute atomic E-state index is 0.327. The van der Waals surface area contributed by atoms with Gasteiger partial charge in [-0.2, -0.15) is 15.0 Å². The largest absolute Gasteiger partial charge is 0.354 e. The van der Waals surface area contributed by atoms with E-state index in [-0.39, 0.29) is 5.82 Å². The lowest BCUT2D eigenvalue weighted by atomic mass is 10.2. The standard InChI is InChI=1S/C13H16FN5/c1-4-15-12-16-11(17-13(18-12)19(2)3)9-7-5-6-8-10(9)14/h5-8H,4H2,1-3H3,(H,15,16,17,18). The van der Waals surface area contributed by atoms with E-state index in [1.807, 2.05) is 21.0 Å². The Bertz CT molecular complexity index is 571. The number of hydrogen-bond acceptors (Lipinski definition) is 5. The minimum Gasteiger partial charge on any atom is -0.354 e. The molecule has 0 saturated carbocycles. The summed E-state index contributed by atoms with van der Waals surface area (Å²) in [4.78, 5) is 14.5. The fourth-order valence-corrected chi connectivity index (χ4v) is 1.56. The summed E-state index contributed by atoms with van der Waals surface area (Å²) in [5.41, 5.74) is 0.368. The summed E-state index contributed by atoms with van der Waals surface area (Å²) in [6, 6.07) is 6.43. The van der Waals surface area contributed by atoms with Gasteiger partial charge in [-0.25, -0.2) is 4.39 Å². The number of hydrogen-bond donors (Lipinski definition) is 1. The van der Waals surface area contributed by atoms with Gasteiger partial charge in [-0.1, -0.05) is 12.1 Å². The number of rotatable bonds is 4. The van der Waals surface area contributed by atoms with Crippen molar-refractivity contribution >= 4 is 11.9 Å². The molecule has 0 atom stereocenters. The maximum atomic E-state index is 13.8. The smallest absolute Gasteiger partial charge is 0.230 e. The van der Waals surface area contributed by atoms with Gasteiger partial charge in [-0.05, 0) is 19.1 Å². The Kier molecular flexibility index (Phi) is 3.89. The van der Waals surface area contributed by atoms with Gasteiger partial charge in [0.05, 0.1) is 5.56 Å². The van der Waals surface area contributed by atoms with Crippen LogP contribution in [0.5, 0.6) is 0 Å². The van der Waals surface area contributed by atoms with Crippen LogP contribution in [0.1, 0.15) is 6.92 Å². The number of benzene rings is 1. The van der Waals surface area contributed by atoms with Gasteiger partial charge in [0.1, 0.15) is 5.82 Å². The molecule has 0 amide bonds. The average molecular weight is 261 g/mol. The molecule has 1 N–H and O–H groups in total. The first-order chi connectivity index (χ1) is 9.11. The molecule has 0 aliphatic heterocycles. The van der Waals surface area contributed by atoms with Crippen molar-refractivity contribution in [2.24, 2.45) is 0 Å². The van der Waals surface area contributed by atoms with Crippen LogP contribution < -0.4 is 10.2 Å². The van der Waals surface area contributed by atoms with Crippen LogP contribution in [-0.2, 0) is 0 Å². The van der Waals surface area contributed by atoms with Gasteiger partial charge in [0.15, 0.2) is 5.82 Å². The highest BCUT2D eigenvalue weighted by Gasteiger charge is 2.12. The van der Waals surface area contributed by atoms with Gasteiger partial charge < -0.3 is 10.2 Å². The predicted molar refractivity (Wildman–Crippen MR) is 73.7 cm³/mol. The molecule has 5 nitrogen and oxygen atoms in total. The van der Waals surface area contributed by atoms with Gasteiger partial charge in [0.2, 0.25) is 11.9 Å². The van der Waals surface area contributed by atoms with Crippen LogP contribution in [0.3, 0.4) is 0 Å². The van der Waals surface area contributed by atoms with E-state index < -0.39 is 0 Å². The van der Waals surface area contributed by atoms with Gasteiger partial charge in [0, 0.05) is 20.6 Å². The molecular weight excluding hydrogens is 245 g/mol. The van der Waals surface area contributed by atoms with E-state index in [1.54, 1.807) is 23.1 Å². The van der Waals surface area contributed by atoms with E-state index >= 15 is 0 Å². The lowest BCUT2D eigenvalue weighted by molar-refractivity contribution is 0.630. The van der Waals surface area contributed by atoms with E-state index in [0.717, 1.165) is 0 Å². The lowest BCUT2D eigenvalue weighted by Gasteiger charge is -2.13. The highest BCUT2D eigenvalue weighted by molar-refractivity contribution is 5.58. The zero-order chi connectivity index (χ0) is 13.8. The Morgan fingerprint density at radius 2 is 1.89 bits per heavy atom. The van der Waals surface area contributed by atoms with Crippen molar-refractivity contribution in [3.8, 4) is 11.4 Å². The molecule has 0 bridgehead atoms. The topological polar surface area (TPSA) is 53.9 Å². The second kappa shape index (κ2) is 5.60. The molecule has 6 heteroatoms. The van der Waals surface area contributed by atoms with Crippen LogP contribution in [0.4, 0.5) is 16.3 Å². The van der Waals surface area contributed by atoms with Gasteiger partial charge in [-0.3, -0.25) is 0 Å². The number of nitrogens with zero attached hydrogens (tertiary/aromatic N) is 4. The molecule has 0 aliphatic carbocycles. The molecule has 2 rings (SSSR count). The summed E-state index contributed by atoms with van der Waals surface area (Å²) < 4.78 is 13.8. The Morgan fingerprint density at radius 3 is 2.53 bits per heavy atom. The van der Waals surface area contributed by atoms with E-state index in [0.29, 0.717) is 29.8 Å². The van der Waals surface area contributed by atoms with Gasteiger partial charge in [-0.15, -0.1) is 0 Å². The summed E-state index contributed by atoms with van der Waals surface area (Å²) in [5, 5.41) is 3.02. The molecule has 2 aromatic rings. The van der Waals surface area contributed by atoms with Crippen LogP contribution >= 0.6 is 0 Å². The summed E-state index contributed by atoms with van der Waals surface area (Å²) in [5.74, 6) is 0.914. The van der Waals surface area contributed by atoms with Crippen molar-refractivity contribution in [2.75, 3.05) is 30.9 Å². The molecule has 1 aromatic carbocycles. The summed E-state index contributed by atoms with van der Waals surface area (Å²) in [7, 11) is 3.66. The third-order valence-electron chi connectivity index (χ3n) is 2.47. The van der Waals surface area contributed by atoms with E-state index in [4.69, 9.17) is 0 Å². The number of aromatic nitrogens is 3. The Hall–Kier alpha value is -2.24. The maximum Gasteiger partial charge on any atom is 0.230 e. The molecule has 100 valence electrons. The molecule has 0 unspecified atom stereocenters. The van der Waals surface area contributed by atoms with E-state index in [9.17, 15) is 4.39 Å². The second-order valence-corrected chi connectivity index (χ2v) is 4.19. The van der Waals surface area contributed by atoms with Crippen LogP contribution in [0, 0.1) is 5.82 Å². The SMILES string of the molecule is CCNc1nc(-c2ccccc2F)nc(N(C)C)n1. The van der Waals surface area contributed by atoms with Crippen molar-refractivity contribution < 1.29 is 4.39 Å². The number of anilines is 2. The Morgan fingerprint density at radius 1 is 1.16 bits per heavy atom. The summed E-state index contributed by atoms with van der Waals surface area (Å²) in [6.45, 7) is 2.63. The maximum absolute atomic E-state index is 13.8. The molecule has 0 aliphatic rings. The van der Waals surface area contributed by atoms with Crippen molar-refractivity contribution in [1.29, 1.82) is 0 Å². The van der Waals surface area contributed by atoms with Crippen LogP contribution in [0.25, 0.3) is 11.4 Å². The van der Waals surface area contributed by atoms with Crippen molar-refractivity contribution in [2.45, 2.75) is 6.92 Å². The summed E-state index contributed by atoms with van der Waals surface area (Å²) in [6.07, 6.45) is 0. The molecule has 19 heavy (non-hydrogen) atoms. The molecule has 0 fully saturated rings. The number of nitrogens with one attached hydrogen (secondary N) is 1. The Balaban J connectivity index is 2.53. The minimum atomic E-state index is -0.346. The monoisotopic (exact) mass is 261 g/mol. The third kappa shape index (κ3) is 2.96. The highest BCUT2D eigenvalue weighted by atomic mass is 19.1. The molecule has 0 radical (unpaired) electrons. The summed E-state index contributed by atoms with van der Waals surface area (Å²) >= 11 is 0. The molecule has 1 heterocycles. The van der Waals surface area contributed by atoms with Crippen molar-refractivity contribution in [1.82, 2.24) is 15.0 Å². The third-order valence-corrected chi connectivity index (χ3v) is 2.47. The van der Waals surface area contributed by atoms with Gasteiger partial charge >= 0.3 is 0 Å². The fraction of sp³-hybridized carbons (Fsp3) is 0.308. The van der Waals surface area contributed by atoms with Crippen LogP contribution in [-0.4, -0.2) is 35.6 Å². The zero-order valence-electron chi connectivity index (χ0n) is 11.2. The first-order valence-corrected chi connectivity index (χ1v) is 6.04. The quantitative estimate of drug-likeness (QED) is 0.914. The lowest BCUT2D eigenvalue weighted by Crippen LogP contribution is -2.16. The highest BCUT2D eigenvalue weighted by Crippen LogP contribution is 2.21. The van der Waals surface area contributed by atoms with Crippen molar-refractivity contribution in [3.63, 3.8) is 0 Å². The average Bonchev–Trinajstić information content (AvgIpc) is 2.39. The Labute approximate surface area is 111 Å². The second-order valence-electron chi connectivity index (χ2n) is 4.19. The molecule has 1 aromatic heterocycles. The zero-order valence-corrected chi connectivity index (χ0v) is 11.2. The first-order valence-electron chi connectivity index (χ1n) is 6.04. The first kappa shape index (κ1) is 13.2. The van der Waals surface area contributed by atoms with Crippen molar-refractivity contribution in [3.05, 3.63) is 30.1 Å². The molecule has 0 saturated heterocycles. The normalized spacial score (nSPS) is 10.3. The van der Waals surface area contributed by atoms with Crippen LogP contribution in [0.2, 0.25) is 0 Å².